The molecular weight excluding hydrogens is 267 g/mol. The molecule has 0 saturated heterocycles. The Kier molecular flexibility index (Phi) is 4.84. The highest BCUT2D eigenvalue weighted by molar-refractivity contribution is 5.44. The van der Waals surface area contributed by atoms with E-state index in [0.29, 0.717) is 6.07 Å². The van der Waals surface area contributed by atoms with Gasteiger partial charge in [-0.05, 0) is 6.07 Å². The van der Waals surface area contributed by atoms with Crippen molar-refractivity contribution in [3.05, 3.63) is 39.4 Å². The number of alkyl halides is 3. The van der Waals surface area contributed by atoms with Gasteiger partial charge >= 0.3 is 6.18 Å². The Hall–Kier alpha value is -1.67. The van der Waals surface area contributed by atoms with Gasteiger partial charge in [-0.15, -0.1) is 0 Å². The monoisotopic (exact) mass is 279 g/mol. The van der Waals surface area contributed by atoms with Gasteiger partial charge in [0.15, 0.2) is 0 Å². The lowest BCUT2D eigenvalue weighted by atomic mass is 10.0. The van der Waals surface area contributed by atoms with E-state index in [4.69, 9.17) is 0 Å². The van der Waals surface area contributed by atoms with Gasteiger partial charge in [0.1, 0.15) is 0 Å². The Morgan fingerprint density at radius 1 is 1.47 bits per heavy atom. The zero-order chi connectivity index (χ0) is 14.6. The minimum absolute atomic E-state index is 0.0301. The number of aliphatic hydroxyl groups excluding tert-OH is 1. The first kappa shape index (κ1) is 15.4. The second-order valence-electron chi connectivity index (χ2n) is 3.91. The smallest absolute Gasteiger partial charge is 0.390 e. The molecule has 8 heteroatoms. The quantitative estimate of drug-likeness (QED) is 0.662. The number of ether oxygens (including phenoxy) is 1. The molecule has 0 aliphatic rings. The Morgan fingerprint density at radius 3 is 2.58 bits per heavy atom. The Bertz CT molecular complexity index is 462. The fourth-order valence-electron chi connectivity index (χ4n) is 1.59. The van der Waals surface area contributed by atoms with Crippen molar-refractivity contribution in [2.75, 3.05) is 13.7 Å². The lowest BCUT2D eigenvalue weighted by Crippen LogP contribution is -2.18. The zero-order valence-corrected chi connectivity index (χ0v) is 9.98. The summed E-state index contributed by atoms with van der Waals surface area (Å²) in [6, 6.07) is 2.22. The lowest BCUT2D eigenvalue weighted by molar-refractivity contribution is -0.385. The van der Waals surface area contributed by atoms with Gasteiger partial charge in [0.25, 0.3) is 5.69 Å². The summed E-state index contributed by atoms with van der Waals surface area (Å²) < 4.78 is 42.0. The third-order valence-electron chi connectivity index (χ3n) is 2.42. The Labute approximate surface area is 106 Å². The topological polar surface area (TPSA) is 72.6 Å². The van der Waals surface area contributed by atoms with Crippen LogP contribution in [0.4, 0.5) is 18.9 Å². The minimum atomic E-state index is -4.64. The molecule has 0 radical (unpaired) electrons. The fourth-order valence-corrected chi connectivity index (χ4v) is 1.59. The third kappa shape index (κ3) is 4.18. The molecule has 106 valence electrons. The molecule has 0 aliphatic carbocycles. The number of hydrogen-bond acceptors (Lipinski definition) is 4. The molecule has 0 aromatic heterocycles. The van der Waals surface area contributed by atoms with E-state index in [9.17, 15) is 28.4 Å². The van der Waals surface area contributed by atoms with Crippen LogP contribution >= 0.6 is 0 Å². The van der Waals surface area contributed by atoms with E-state index >= 15 is 0 Å². The summed E-state index contributed by atoms with van der Waals surface area (Å²) in [6.45, 7) is -0.0574. The summed E-state index contributed by atoms with van der Waals surface area (Å²) >= 11 is 0. The van der Waals surface area contributed by atoms with Crippen molar-refractivity contribution in [3.8, 4) is 0 Å². The van der Waals surface area contributed by atoms with Gasteiger partial charge in [0, 0.05) is 25.2 Å². The third-order valence-corrected chi connectivity index (χ3v) is 2.42. The molecule has 1 N–H and O–H groups in total. The standard InChI is InChI=1S/C11H12F3NO4/c1-19-6-9(16)4-7-2-3-8(11(12,13)14)5-10(7)15(17)18/h2-3,5,9,16H,4,6H2,1H3. The van der Waals surface area contributed by atoms with E-state index in [-0.39, 0.29) is 18.6 Å². The van der Waals surface area contributed by atoms with Gasteiger partial charge in [0.2, 0.25) is 0 Å². The maximum Gasteiger partial charge on any atom is 0.416 e. The highest BCUT2D eigenvalue weighted by Crippen LogP contribution is 2.33. The summed E-state index contributed by atoms with van der Waals surface area (Å²) in [5.74, 6) is 0. The number of hydrogen-bond donors (Lipinski definition) is 1. The normalized spacial score (nSPS) is 13.3. The number of nitrogens with zero attached hydrogens (tertiary/aromatic N) is 1. The van der Waals surface area contributed by atoms with Crippen LogP contribution in [0, 0.1) is 10.1 Å². The van der Waals surface area contributed by atoms with Crippen LogP contribution in [0.15, 0.2) is 18.2 Å². The summed E-state index contributed by atoms with van der Waals surface area (Å²) in [5.41, 5.74) is -1.73. The molecule has 5 nitrogen and oxygen atoms in total. The first-order chi connectivity index (χ1) is 8.75. The van der Waals surface area contributed by atoms with Crippen molar-refractivity contribution in [2.24, 2.45) is 0 Å². The minimum Gasteiger partial charge on any atom is -0.390 e. The molecule has 19 heavy (non-hydrogen) atoms. The zero-order valence-electron chi connectivity index (χ0n) is 9.98. The SMILES string of the molecule is COCC(O)Cc1ccc(C(F)(F)F)cc1[N+](=O)[O-]. The predicted molar refractivity (Wildman–Crippen MR) is 59.7 cm³/mol. The summed E-state index contributed by atoms with van der Waals surface area (Å²) in [5, 5.41) is 20.2. The van der Waals surface area contributed by atoms with Crippen molar-refractivity contribution < 1.29 is 27.9 Å². The van der Waals surface area contributed by atoms with E-state index in [2.05, 4.69) is 4.74 Å². The molecule has 1 aromatic carbocycles. The van der Waals surface area contributed by atoms with Gasteiger partial charge in [0.05, 0.1) is 23.2 Å². The average Bonchev–Trinajstić information content (AvgIpc) is 2.27. The highest BCUT2D eigenvalue weighted by Gasteiger charge is 2.33. The van der Waals surface area contributed by atoms with Gasteiger partial charge in [-0.1, -0.05) is 6.07 Å². The van der Waals surface area contributed by atoms with Crippen molar-refractivity contribution >= 4 is 5.69 Å². The molecule has 0 bridgehead atoms. The largest absolute Gasteiger partial charge is 0.416 e. The van der Waals surface area contributed by atoms with Crippen LogP contribution in [0.3, 0.4) is 0 Å². The number of benzene rings is 1. The number of halogens is 3. The van der Waals surface area contributed by atoms with Gasteiger partial charge < -0.3 is 9.84 Å². The Balaban J connectivity index is 3.09. The summed E-state index contributed by atoms with van der Waals surface area (Å²) in [6.07, 6.45) is -5.81. The van der Waals surface area contributed by atoms with Crippen LogP contribution in [0.5, 0.6) is 0 Å². The molecule has 0 heterocycles. The molecule has 0 fully saturated rings. The number of nitro groups is 1. The van der Waals surface area contributed by atoms with Crippen molar-refractivity contribution in [2.45, 2.75) is 18.7 Å². The molecule has 1 aromatic rings. The van der Waals surface area contributed by atoms with E-state index in [1.807, 2.05) is 0 Å². The second kappa shape index (κ2) is 5.98. The average molecular weight is 279 g/mol. The number of aliphatic hydroxyl groups is 1. The van der Waals surface area contributed by atoms with E-state index in [1.165, 1.54) is 7.11 Å². The molecule has 0 saturated carbocycles. The maximum absolute atomic E-state index is 12.5. The second-order valence-corrected chi connectivity index (χ2v) is 3.91. The van der Waals surface area contributed by atoms with Crippen molar-refractivity contribution in [1.82, 2.24) is 0 Å². The molecule has 0 spiro atoms. The number of rotatable bonds is 5. The van der Waals surface area contributed by atoms with Gasteiger partial charge in [-0.2, -0.15) is 13.2 Å². The van der Waals surface area contributed by atoms with Crippen molar-refractivity contribution in [3.63, 3.8) is 0 Å². The van der Waals surface area contributed by atoms with Crippen LogP contribution in [0.1, 0.15) is 11.1 Å². The first-order valence-corrected chi connectivity index (χ1v) is 5.27. The predicted octanol–water partition coefficient (Wildman–Crippen LogP) is 2.16. The molecule has 0 aliphatic heterocycles. The molecule has 1 rings (SSSR count). The fraction of sp³-hybridized carbons (Fsp3) is 0.455. The van der Waals surface area contributed by atoms with Crippen LogP contribution in [-0.2, 0) is 17.3 Å². The Morgan fingerprint density at radius 2 is 2.11 bits per heavy atom. The summed E-state index contributed by atoms with van der Waals surface area (Å²) in [4.78, 5) is 9.87. The van der Waals surface area contributed by atoms with Gasteiger partial charge in [-0.3, -0.25) is 10.1 Å². The number of nitro benzene ring substituents is 1. The number of methoxy groups -OCH3 is 1. The molecule has 1 unspecified atom stereocenters. The molecule has 0 amide bonds. The van der Waals surface area contributed by atoms with Crippen LogP contribution in [0.25, 0.3) is 0 Å². The first-order valence-electron chi connectivity index (χ1n) is 5.27. The van der Waals surface area contributed by atoms with Gasteiger partial charge in [-0.25, -0.2) is 0 Å². The van der Waals surface area contributed by atoms with E-state index in [0.717, 1.165) is 12.1 Å². The molecule has 1 atom stereocenters. The van der Waals surface area contributed by atoms with E-state index < -0.39 is 28.5 Å². The van der Waals surface area contributed by atoms with Crippen LogP contribution < -0.4 is 0 Å². The lowest BCUT2D eigenvalue weighted by Gasteiger charge is -2.11. The van der Waals surface area contributed by atoms with E-state index in [1.54, 1.807) is 0 Å². The molecular formula is C11H12F3NO4. The summed E-state index contributed by atoms with van der Waals surface area (Å²) in [7, 11) is 1.34. The van der Waals surface area contributed by atoms with Crippen LogP contribution in [0.2, 0.25) is 0 Å². The van der Waals surface area contributed by atoms with Crippen LogP contribution in [-0.4, -0.2) is 29.9 Å². The highest BCUT2D eigenvalue weighted by atomic mass is 19.4. The maximum atomic E-state index is 12.5. The van der Waals surface area contributed by atoms with Crippen molar-refractivity contribution in [1.29, 1.82) is 0 Å².